The van der Waals surface area contributed by atoms with Crippen LogP contribution in [0.1, 0.15) is 26.5 Å². The number of amides is 2. The minimum absolute atomic E-state index is 0. The van der Waals surface area contributed by atoms with Gasteiger partial charge >= 0.3 is 0 Å². The molecule has 1 aromatic rings. The fourth-order valence-electron chi connectivity index (χ4n) is 2.13. The highest BCUT2D eigenvalue weighted by atomic mass is 35.5. The standard InChI is InChI=1S/C15H24N4O3S.2ClH/c1-15(2,3)13(22)19-14-18-10(8-23-14)4-12(21)17-6-9-5-16-7-11(9)20;;/h8-9,11,16,20H,4-7H2,1-3H3,(H,17,21)(H,18,19,22);2*1H. The van der Waals surface area contributed by atoms with Crippen LogP contribution in [-0.4, -0.2) is 47.6 Å². The SMILES string of the molecule is CC(C)(C)C(=O)Nc1nc(CC(=O)NCC2CNCC2O)cs1.Cl.Cl. The molecule has 0 bridgehead atoms. The zero-order valence-electron chi connectivity index (χ0n) is 14.5. The molecule has 2 amide bonds. The zero-order valence-corrected chi connectivity index (χ0v) is 16.9. The molecule has 0 saturated carbocycles. The van der Waals surface area contributed by atoms with Crippen molar-refractivity contribution in [1.82, 2.24) is 15.6 Å². The first-order valence-electron chi connectivity index (χ1n) is 7.67. The van der Waals surface area contributed by atoms with Gasteiger partial charge in [0.15, 0.2) is 5.13 Å². The second-order valence-corrected chi connectivity index (χ2v) is 7.67. The first kappa shape index (κ1) is 24.1. The maximum Gasteiger partial charge on any atom is 0.231 e. The highest BCUT2D eigenvalue weighted by molar-refractivity contribution is 7.13. The number of hydrogen-bond acceptors (Lipinski definition) is 6. The smallest absolute Gasteiger partial charge is 0.231 e. The van der Waals surface area contributed by atoms with Gasteiger partial charge in [0.2, 0.25) is 11.8 Å². The van der Waals surface area contributed by atoms with Crippen LogP contribution in [0.15, 0.2) is 5.38 Å². The van der Waals surface area contributed by atoms with Crippen molar-refractivity contribution in [3.8, 4) is 0 Å². The van der Waals surface area contributed by atoms with Crippen molar-refractivity contribution in [2.75, 3.05) is 25.0 Å². The van der Waals surface area contributed by atoms with E-state index in [1.807, 2.05) is 20.8 Å². The number of anilines is 1. The number of rotatable bonds is 5. The Kier molecular flexibility index (Phi) is 9.89. The molecule has 2 atom stereocenters. The number of nitrogens with one attached hydrogen (secondary N) is 3. The molecule has 2 unspecified atom stereocenters. The van der Waals surface area contributed by atoms with Crippen LogP contribution in [0.3, 0.4) is 0 Å². The Bertz CT molecular complexity index is 577. The van der Waals surface area contributed by atoms with Gasteiger partial charge in [0.25, 0.3) is 0 Å². The van der Waals surface area contributed by atoms with Crippen LogP contribution >= 0.6 is 36.2 Å². The number of halogens is 2. The molecule has 144 valence electrons. The van der Waals surface area contributed by atoms with E-state index >= 15 is 0 Å². The molecular weight excluding hydrogens is 387 g/mol. The molecular formula is C15H26Cl2N4O3S. The minimum atomic E-state index is -0.487. The molecule has 0 aliphatic carbocycles. The van der Waals surface area contributed by atoms with E-state index in [-0.39, 0.29) is 49.0 Å². The van der Waals surface area contributed by atoms with Crippen LogP contribution in [0.25, 0.3) is 0 Å². The van der Waals surface area contributed by atoms with Crippen molar-refractivity contribution in [3.05, 3.63) is 11.1 Å². The van der Waals surface area contributed by atoms with E-state index < -0.39 is 11.5 Å². The van der Waals surface area contributed by atoms with Crippen LogP contribution in [0.4, 0.5) is 5.13 Å². The number of aliphatic hydroxyl groups excluding tert-OH is 1. The molecule has 1 aliphatic rings. The molecule has 4 N–H and O–H groups in total. The van der Waals surface area contributed by atoms with Crippen LogP contribution in [0, 0.1) is 11.3 Å². The molecule has 1 aromatic heterocycles. The third kappa shape index (κ3) is 7.45. The highest BCUT2D eigenvalue weighted by Crippen LogP contribution is 2.20. The van der Waals surface area contributed by atoms with Gasteiger partial charge in [-0.05, 0) is 0 Å². The molecule has 1 fully saturated rings. The molecule has 2 rings (SSSR count). The fraction of sp³-hybridized carbons (Fsp3) is 0.667. The highest BCUT2D eigenvalue weighted by Gasteiger charge is 2.25. The molecule has 2 heterocycles. The Morgan fingerprint density at radius 1 is 1.36 bits per heavy atom. The van der Waals surface area contributed by atoms with Gasteiger partial charge in [-0.2, -0.15) is 0 Å². The monoisotopic (exact) mass is 412 g/mol. The van der Waals surface area contributed by atoms with Gasteiger partial charge in [-0.3, -0.25) is 9.59 Å². The van der Waals surface area contributed by atoms with Gasteiger partial charge in [0, 0.05) is 36.3 Å². The van der Waals surface area contributed by atoms with Crippen molar-refractivity contribution in [1.29, 1.82) is 0 Å². The normalized spacial score (nSPS) is 19.5. The third-order valence-electron chi connectivity index (χ3n) is 3.66. The summed E-state index contributed by atoms with van der Waals surface area (Å²) in [6.07, 6.45) is -0.244. The summed E-state index contributed by atoms with van der Waals surface area (Å²) in [5.41, 5.74) is 0.140. The van der Waals surface area contributed by atoms with Crippen molar-refractivity contribution in [2.45, 2.75) is 33.3 Å². The van der Waals surface area contributed by atoms with Crippen LogP contribution in [0.2, 0.25) is 0 Å². The first-order valence-corrected chi connectivity index (χ1v) is 8.55. The molecule has 7 nitrogen and oxygen atoms in total. The van der Waals surface area contributed by atoms with Gasteiger partial charge in [-0.1, -0.05) is 20.8 Å². The molecule has 10 heteroatoms. The van der Waals surface area contributed by atoms with Crippen LogP contribution < -0.4 is 16.0 Å². The molecule has 0 aromatic carbocycles. The summed E-state index contributed by atoms with van der Waals surface area (Å²) < 4.78 is 0. The number of carbonyl (C=O) groups is 2. The Balaban J connectivity index is 0.00000288. The summed E-state index contributed by atoms with van der Waals surface area (Å²) in [5.74, 6) is -0.190. The molecule has 25 heavy (non-hydrogen) atoms. The summed E-state index contributed by atoms with van der Waals surface area (Å²) in [7, 11) is 0. The van der Waals surface area contributed by atoms with Crippen molar-refractivity contribution < 1.29 is 14.7 Å². The lowest BCUT2D eigenvalue weighted by molar-refractivity contribution is -0.123. The second-order valence-electron chi connectivity index (χ2n) is 6.81. The van der Waals surface area contributed by atoms with Gasteiger partial charge in [-0.25, -0.2) is 4.98 Å². The number of thiazole rings is 1. The third-order valence-corrected chi connectivity index (χ3v) is 4.47. The Morgan fingerprint density at radius 3 is 2.60 bits per heavy atom. The Morgan fingerprint density at radius 2 is 2.04 bits per heavy atom. The lowest BCUT2D eigenvalue weighted by atomic mass is 9.96. The van der Waals surface area contributed by atoms with Gasteiger partial charge in [0.05, 0.1) is 18.2 Å². The summed E-state index contributed by atoms with van der Waals surface area (Å²) in [4.78, 5) is 28.1. The molecule has 0 radical (unpaired) electrons. The minimum Gasteiger partial charge on any atom is -0.391 e. The van der Waals surface area contributed by atoms with E-state index in [0.717, 1.165) is 0 Å². The zero-order chi connectivity index (χ0) is 17.0. The van der Waals surface area contributed by atoms with E-state index in [2.05, 4.69) is 20.9 Å². The predicted octanol–water partition coefficient (Wildman–Crippen LogP) is 1.21. The second kappa shape index (κ2) is 10.3. The maximum atomic E-state index is 11.9. The van der Waals surface area contributed by atoms with E-state index in [0.29, 0.717) is 30.5 Å². The lowest BCUT2D eigenvalue weighted by Crippen LogP contribution is -2.35. The summed E-state index contributed by atoms with van der Waals surface area (Å²) in [5, 5.41) is 20.6. The van der Waals surface area contributed by atoms with Crippen LogP contribution in [0.5, 0.6) is 0 Å². The van der Waals surface area contributed by atoms with Crippen molar-refractivity contribution in [3.63, 3.8) is 0 Å². The van der Waals surface area contributed by atoms with Gasteiger partial charge in [0.1, 0.15) is 0 Å². The van der Waals surface area contributed by atoms with E-state index in [1.165, 1.54) is 11.3 Å². The van der Waals surface area contributed by atoms with Crippen molar-refractivity contribution >= 4 is 53.1 Å². The van der Waals surface area contributed by atoms with Crippen LogP contribution in [-0.2, 0) is 16.0 Å². The van der Waals surface area contributed by atoms with Gasteiger partial charge < -0.3 is 21.1 Å². The first-order chi connectivity index (χ1) is 10.8. The molecule has 1 aliphatic heterocycles. The van der Waals surface area contributed by atoms with Gasteiger partial charge in [-0.15, -0.1) is 36.2 Å². The Hall–Kier alpha value is -0.930. The summed E-state index contributed by atoms with van der Waals surface area (Å²) >= 11 is 1.31. The van der Waals surface area contributed by atoms with Crippen molar-refractivity contribution in [2.24, 2.45) is 11.3 Å². The number of aliphatic hydroxyl groups is 1. The quantitative estimate of drug-likeness (QED) is 0.581. The van der Waals surface area contributed by atoms with E-state index in [9.17, 15) is 14.7 Å². The predicted molar refractivity (Wildman–Crippen MR) is 104 cm³/mol. The van der Waals surface area contributed by atoms with E-state index in [1.54, 1.807) is 5.38 Å². The summed E-state index contributed by atoms with van der Waals surface area (Å²) in [6, 6.07) is 0. The fourth-order valence-corrected chi connectivity index (χ4v) is 2.83. The number of hydrogen-bond donors (Lipinski definition) is 4. The average molecular weight is 413 g/mol. The average Bonchev–Trinajstić information content (AvgIpc) is 3.05. The maximum absolute atomic E-state index is 11.9. The Labute approximate surface area is 164 Å². The number of nitrogens with zero attached hydrogens (tertiary/aromatic N) is 1. The number of aromatic nitrogens is 1. The number of β-amino-alcohol motifs (C(OH)–C–C–N with tert-alkyl or cyclic N) is 1. The lowest BCUT2D eigenvalue weighted by Gasteiger charge is -2.15. The largest absolute Gasteiger partial charge is 0.391 e. The summed E-state index contributed by atoms with van der Waals surface area (Å²) in [6.45, 7) is 7.22. The van der Waals surface area contributed by atoms with E-state index in [4.69, 9.17) is 0 Å². The number of carbonyl (C=O) groups excluding carboxylic acids is 2. The molecule has 0 spiro atoms. The topological polar surface area (TPSA) is 103 Å². The molecule has 1 saturated heterocycles.